The number of rotatable bonds is 8. The smallest absolute Gasteiger partial charge is 0.217 e. The van der Waals surface area contributed by atoms with Gasteiger partial charge in [-0.15, -0.1) is 12.4 Å². The summed E-state index contributed by atoms with van der Waals surface area (Å²) in [7, 11) is 4.04. The van der Waals surface area contributed by atoms with E-state index in [4.69, 9.17) is 9.47 Å². The largest absolute Gasteiger partial charge is 0.491 e. The molecule has 0 radical (unpaired) electrons. The molecule has 0 saturated heterocycles. The standard InChI is InChI=1S/C23H29N7O2.ClH/c1-15-9-18(31-8-7-30(3)4)12-26-23(15)32-17-5-6-20-19(10-17)22(28-14-27-20)29-21-13-24-16(2)11-25-21;/h5-6,9,11-14,17,20H,7-8,10H2,1-4H3,(H,25,29)(H,27,28);1H. The summed E-state index contributed by atoms with van der Waals surface area (Å²) in [6.07, 6.45) is 11.5. The molecule has 9 nitrogen and oxygen atoms in total. The summed E-state index contributed by atoms with van der Waals surface area (Å²) in [6, 6.07) is 1.93. The Kier molecular flexibility index (Phi) is 8.24. The van der Waals surface area contributed by atoms with Crippen molar-refractivity contribution >= 4 is 24.6 Å². The van der Waals surface area contributed by atoms with Gasteiger partial charge in [-0.3, -0.25) is 9.98 Å². The Morgan fingerprint density at radius 1 is 1.12 bits per heavy atom. The average molecular weight is 472 g/mol. The number of ether oxygens (including phenoxy) is 2. The minimum Gasteiger partial charge on any atom is -0.491 e. The molecule has 2 aromatic rings. The van der Waals surface area contributed by atoms with Gasteiger partial charge in [0.05, 0.1) is 36.7 Å². The lowest BCUT2D eigenvalue weighted by atomic mass is 9.93. The Morgan fingerprint density at radius 2 is 1.97 bits per heavy atom. The van der Waals surface area contributed by atoms with Crippen molar-refractivity contribution in [3.63, 3.8) is 0 Å². The van der Waals surface area contributed by atoms with Crippen LogP contribution in [0.15, 0.2) is 53.2 Å². The molecule has 0 bridgehead atoms. The molecule has 10 heteroatoms. The second kappa shape index (κ2) is 11.1. The zero-order valence-electron chi connectivity index (χ0n) is 19.3. The van der Waals surface area contributed by atoms with Gasteiger partial charge in [-0.05, 0) is 40.1 Å². The van der Waals surface area contributed by atoms with Crippen molar-refractivity contribution < 1.29 is 9.47 Å². The van der Waals surface area contributed by atoms with Crippen LogP contribution in [0.4, 0.5) is 5.82 Å². The third-order valence-corrected chi connectivity index (χ3v) is 5.16. The van der Waals surface area contributed by atoms with Crippen LogP contribution in [-0.4, -0.2) is 65.6 Å². The van der Waals surface area contributed by atoms with Crippen LogP contribution in [0.3, 0.4) is 0 Å². The predicted octanol–water partition coefficient (Wildman–Crippen LogP) is 2.88. The maximum absolute atomic E-state index is 6.22. The van der Waals surface area contributed by atoms with Crippen molar-refractivity contribution in [2.75, 3.05) is 32.6 Å². The lowest BCUT2D eigenvalue weighted by molar-refractivity contribution is 0.229. The van der Waals surface area contributed by atoms with Gasteiger partial charge in [-0.25, -0.2) is 9.97 Å². The average Bonchev–Trinajstić information content (AvgIpc) is 2.77. The van der Waals surface area contributed by atoms with Crippen LogP contribution in [0, 0.1) is 13.8 Å². The normalized spacial score (nSPS) is 18.9. The first-order valence-electron chi connectivity index (χ1n) is 10.6. The molecular weight excluding hydrogens is 442 g/mol. The van der Waals surface area contributed by atoms with E-state index in [1.807, 2.05) is 40.1 Å². The molecule has 2 atom stereocenters. The van der Waals surface area contributed by atoms with E-state index in [9.17, 15) is 0 Å². The van der Waals surface area contributed by atoms with E-state index >= 15 is 0 Å². The van der Waals surface area contributed by atoms with E-state index in [-0.39, 0.29) is 24.6 Å². The van der Waals surface area contributed by atoms with Crippen LogP contribution < -0.4 is 20.1 Å². The number of pyridine rings is 1. The van der Waals surface area contributed by atoms with Gasteiger partial charge >= 0.3 is 0 Å². The molecule has 2 N–H and O–H groups in total. The number of halogens is 1. The summed E-state index contributed by atoms with van der Waals surface area (Å²) in [4.78, 5) is 19.8. The molecule has 0 spiro atoms. The van der Waals surface area contributed by atoms with Crippen molar-refractivity contribution in [2.24, 2.45) is 4.99 Å². The van der Waals surface area contributed by atoms with Crippen LogP contribution in [-0.2, 0) is 0 Å². The van der Waals surface area contributed by atoms with Crippen molar-refractivity contribution in [1.82, 2.24) is 25.2 Å². The quantitative estimate of drug-likeness (QED) is 0.567. The lowest BCUT2D eigenvalue weighted by Crippen LogP contribution is -2.34. The highest BCUT2D eigenvalue weighted by Gasteiger charge is 2.27. The molecule has 2 aliphatic rings. The molecule has 0 aromatic carbocycles. The molecular formula is C23H30ClN7O2. The number of likely N-dealkylation sites (N-methyl/N-ethyl adjacent to an activating group) is 1. The Balaban J connectivity index is 0.00000306. The number of hydrogen-bond donors (Lipinski definition) is 2. The summed E-state index contributed by atoms with van der Waals surface area (Å²) in [5.41, 5.74) is 2.91. The van der Waals surface area contributed by atoms with Gasteiger partial charge in [-0.2, -0.15) is 0 Å². The molecule has 1 aliphatic heterocycles. The zero-order valence-corrected chi connectivity index (χ0v) is 20.1. The number of nitrogens with one attached hydrogen (secondary N) is 2. The maximum Gasteiger partial charge on any atom is 0.217 e. The van der Waals surface area contributed by atoms with Gasteiger partial charge in [-0.1, -0.05) is 6.08 Å². The fourth-order valence-electron chi connectivity index (χ4n) is 3.43. The Labute approximate surface area is 200 Å². The molecule has 176 valence electrons. The Bertz CT molecular complexity index is 1040. The Morgan fingerprint density at radius 3 is 2.70 bits per heavy atom. The van der Waals surface area contributed by atoms with E-state index in [2.05, 4.69) is 41.6 Å². The van der Waals surface area contributed by atoms with Gasteiger partial charge in [0, 0.05) is 24.1 Å². The van der Waals surface area contributed by atoms with Gasteiger partial charge in [0.2, 0.25) is 5.88 Å². The first-order chi connectivity index (χ1) is 15.5. The molecule has 0 fully saturated rings. The molecule has 1 aliphatic carbocycles. The monoisotopic (exact) mass is 471 g/mol. The number of anilines is 1. The van der Waals surface area contributed by atoms with Crippen molar-refractivity contribution in [1.29, 1.82) is 0 Å². The molecule has 2 aromatic heterocycles. The van der Waals surface area contributed by atoms with Crippen molar-refractivity contribution in [3.05, 3.63) is 59.5 Å². The van der Waals surface area contributed by atoms with E-state index in [1.54, 1.807) is 24.9 Å². The summed E-state index contributed by atoms with van der Waals surface area (Å²) in [6.45, 7) is 5.35. The number of hydrogen-bond acceptors (Lipinski definition) is 9. The number of nitrogens with zero attached hydrogens (tertiary/aromatic N) is 5. The first kappa shape index (κ1) is 24.5. The summed E-state index contributed by atoms with van der Waals surface area (Å²) >= 11 is 0. The summed E-state index contributed by atoms with van der Waals surface area (Å²) in [5, 5.41) is 6.51. The SMILES string of the molecule is Cc1cnc(NC2=C3CC(Oc4ncc(OCCN(C)C)cc4C)C=CC3N=CN2)cn1.Cl. The van der Waals surface area contributed by atoms with Gasteiger partial charge < -0.3 is 25.0 Å². The highest BCUT2D eigenvalue weighted by Crippen LogP contribution is 2.29. The van der Waals surface area contributed by atoms with E-state index < -0.39 is 0 Å². The number of aromatic nitrogens is 3. The molecule has 33 heavy (non-hydrogen) atoms. The third-order valence-electron chi connectivity index (χ3n) is 5.16. The molecule has 0 saturated carbocycles. The fourth-order valence-corrected chi connectivity index (χ4v) is 3.43. The fraction of sp³-hybridized carbons (Fsp3) is 0.391. The molecule has 0 amide bonds. The van der Waals surface area contributed by atoms with Crippen molar-refractivity contribution in [3.8, 4) is 11.6 Å². The summed E-state index contributed by atoms with van der Waals surface area (Å²) in [5.74, 6) is 2.88. The van der Waals surface area contributed by atoms with Crippen LogP contribution >= 0.6 is 12.4 Å². The van der Waals surface area contributed by atoms with Crippen LogP contribution in [0.25, 0.3) is 0 Å². The number of aryl methyl sites for hydroxylation is 2. The lowest BCUT2D eigenvalue weighted by Gasteiger charge is -2.29. The summed E-state index contributed by atoms with van der Waals surface area (Å²) < 4.78 is 12.0. The van der Waals surface area contributed by atoms with Crippen LogP contribution in [0.2, 0.25) is 0 Å². The number of aliphatic imine (C=N–C) groups is 1. The maximum atomic E-state index is 6.22. The van der Waals surface area contributed by atoms with Crippen molar-refractivity contribution in [2.45, 2.75) is 32.4 Å². The zero-order chi connectivity index (χ0) is 22.5. The topological polar surface area (TPSA) is 96.8 Å². The second-order valence-electron chi connectivity index (χ2n) is 8.13. The van der Waals surface area contributed by atoms with Crippen LogP contribution in [0.5, 0.6) is 11.6 Å². The van der Waals surface area contributed by atoms with Gasteiger partial charge in [0.15, 0.2) is 0 Å². The minimum atomic E-state index is -0.149. The van der Waals surface area contributed by atoms with Gasteiger partial charge in [0.25, 0.3) is 0 Å². The first-order valence-corrected chi connectivity index (χ1v) is 10.6. The van der Waals surface area contributed by atoms with E-state index in [0.717, 1.165) is 34.9 Å². The van der Waals surface area contributed by atoms with Crippen LogP contribution in [0.1, 0.15) is 17.7 Å². The minimum absolute atomic E-state index is 0. The number of fused-ring (bicyclic) bond motifs is 1. The second-order valence-corrected chi connectivity index (χ2v) is 8.13. The molecule has 2 unspecified atom stereocenters. The van der Waals surface area contributed by atoms with E-state index in [1.165, 1.54) is 0 Å². The Hall–Kier alpha value is -3.17. The highest BCUT2D eigenvalue weighted by atomic mass is 35.5. The third kappa shape index (κ3) is 6.43. The molecule has 4 rings (SSSR count). The molecule has 3 heterocycles. The van der Waals surface area contributed by atoms with E-state index in [0.29, 0.717) is 24.7 Å². The van der Waals surface area contributed by atoms with Gasteiger partial charge in [0.1, 0.15) is 30.1 Å². The predicted molar refractivity (Wildman–Crippen MR) is 131 cm³/mol. The highest BCUT2D eigenvalue weighted by molar-refractivity contribution is 5.85.